The van der Waals surface area contributed by atoms with Crippen molar-refractivity contribution in [3.05, 3.63) is 64.3 Å². The van der Waals surface area contributed by atoms with Crippen LogP contribution in [-0.4, -0.2) is 19.2 Å². The van der Waals surface area contributed by atoms with E-state index < -0.39 is 5.97 Å². The van der Waals surface area contributed by atoms with E-state index in [1.54, 1.807) is 18.2 Å². The molecule has 0 N–H and O–H groups in total. The van der Waals surface area contributed by atoms with E-state index in [1.807, 2.05) is 18.2 Å². The number of benzene rings is 2. The molecule has 2 aromatic carbocycles. The third-order valence-corrected chi connectivity index (χ3v) is 4.89. The molecule has 3 aromatic rings. The van der Waals surface area contributed by atoms with Gasteiger partial charge in [-0.25, -0.2) is 4.79 Å². The molecule has 24 heavy (non-hydrogen) atoms. The van der Waals surface area contributed by atoms with Crippen LogP contribution in [0.5, 0.6) is 5.75 Å². The normalized spacial score (nSPS) is 10.7. The van der Waals surface area contributed by atoms with Gasteiger partial charge in [0.15, 0.2) is 5.43 Å². The Hall–Kier alpha value is -2.37. The van der Waals surface area contributed by atoms with Gasteiger partial charge in [0, 0.05) is 16.2 Å². The summed E-state index contributed by atoms with van der Waals surface area (Å²) in [6.45, 7) is 3.59. The second-order valence-corrected chi connectivity index (χ2v) is 6.36. The van der Waals surface area contributed by atoms with Crippen LogP contribution in [0.15, 0.2) is 53.8 Å². The first-order valence-corrected chi connectivity index (χ1v) is 8.37. The molecule has 3 rings (SSSR count). The van der Waals surface area contributed by atoms with Crippen LogP contribution in [0.2, 0.25) is 5.02 Å². The zero-order valence-electron chi connectivity index (χ0n) is 12.6. The molecule has 0 aliphatic heterocycles. The fourth-order valence-corrected chi connectivity index (χ4v) is 3.78. The van der Waals surface area contributed by atoms with Crippen molar-refractivity contribution in [3.63, 3.8) is 0 Å². The predicted molar refractivity (Wildman–Crippen MR) is 97.3 cm³/mol. The molecule has 6 heteroatoms. The van der Waals surface area contributed by atoms with Crippen molar-refractivity contribution in [2.24, 2.45) is 0 Å². The van der Waals surface area contributed by atoms with E-state index >= 15 is 0 Å². The van der Waals surface area contributed by atoms with E-state index in [0.29, 0.717) is 26.2 Å². The standard InChI is InChI=1S/C18H13ClO4S/c1-2-15(20)23-10-9-22-13-8-7-12(19)16-17(21)11-5-3-4-6-14(11)24-18(13)16/h2-8H,1,9-10H2. The smallest absolute Gasteiger partial charge is 0.330 e. The lowest BCUT2D eigenvalue weighted by Crippen LogP contribution is -2.10. The fourth-order valence-electron chi connectivity index (χ4n) is 2.31. The highest BCUT2D eigenvalue weighted by molar-refractivity contribution is 7.25. The number of fused-ring (bicyclic) bond motifs is 2. The molecule has 1 aromatic heterocycles. The summed E-state index contributed by atoms with van der Waals surface area (Å²) in [5.74, 6) is 0.0344. The minimum atomic E-state index is -0.504. The summed E-state index contributed by atoms with van der Waals surface area (Å²) in [4.78, 5) is 23.7. The maximum absolute atomic E-state index is 12.7. The molecule has 0 saturated carbocycles. The van der Waals surface area contributed by atoms with Gasteiger partial charge < -0.3 is 9.47 Å². The van der Waals surface area contributed by atoms with E-state index in [9.17, 15) is 9.59 Å². The van der Waals surface area contributed by atoms with Crippen molar-refractivity contribution in [1.29, 1.82) is 0 Å². The average Bonchev–Trinajstić information content (AvgIpc) is 2.60. The summed E-state index contributed by atoms with van der Waals surface area (Å²) in [5.41, 5.74) is -0.118. The van der Waals surface area contributed by atoms with Gasteiger partial charge in [-0.05, 0) is 24.3 Å². The van der Waals surface area contributed by atoms with E-state index in [1.165, 1.54) is 11.3 Å². The third-order valence-electron chi connectivity index (χ3n) is 3.39. The largest absolute Gasteiger partial charge is 0.489 e. The van der Waals surface area contributed by atoms with Crippen molar-refractivity contribution in [1.82, 2.24) is 0 Å². The van der Waals surface area contributed by atoms with Crippen LogP contribution >= 0.6 is 22.9 Å². The van der Waals surface area contributed by atoms with Crippen molar-refractivity contribution >= 4 is 49.1 Å². The number of hydrogen-bond acceptors (Lipinski definition) is 5. The van der Waals surface area contributed by atoms with Crippen molar-refractivity contribution in [2.75, 3.05) is 13.2 Å². The maximum atomic E-state index is 12.7. The molecule has 0 spiro atoms. The second kappa shape index (κ2) is 7.03. The summed E-state index contributed by atoms with van der Waals surface area (Å²) in [5, 5.41) is 1.47. The molecule has 0 aliphatic carbocycles. The quantitative estimate of drug-likeness (QED) is 0.296. The first-order valence-electron chi connectivity index (χ1n) is 7.18. The molecule has 1 heterocycles. The van der Waals surface area contributed by atoms with Crippen LogP contribution in [0, 0.1) is 0 Å². The van der Waals surface area contributed by atoms with Crippen LogP contribution < -0.4 is 10.2 Å². The minimum absolute atomic E-state index is 0.0947. The van der Waals surface area contributed by atoms with Crippen molar-refractivity contribution in [3.8, 4) is 5.75 Å². The Labute approximate surface area is 146 Å². The van der Waals surface area contributed by atoms with E-state index in [2.05, 4.69) is 6.58 Å². The van der Waals surface area contributed by atoms with Crippen LogP contribution in [0.4, 0.5) is 0 Å². The number of hydrogen-bond donors (Lipinski definition) is 0. The van der Waals surface area contributed by atoms with Crippen LogP contribution in [-0.2, 0) is 9.53 Å². The molecule has 0 saturated heterocycles. The molecule has 0 aliphatic rings. The molecular weight excluding hydrogens is 348 g/mol. The van der Waals surface area contributed by atoms with Gasteiger partial charge in [-0.3, -0.25) is 4.79 Å². The molecule has 0 fully saturated rings. The molecule has 0 amide bonds. The van der Waals surface area contributed by atoms with Crippen molar-refractivity contribution in [2.45, 2.75) is 0 Å². The molecule has 0 atom stereocenters. The number of carbonyl (C=O) groups is 1. The molecule has 4 nitrogen and oxygen atoms in total. The molecule has 0 unspecified atom stereocenters. The van der Waals surface area contributed by atoms with Crippen molar-refractivity contribution < 1.29 is 14.3 Å². The van der Waals surface area contributed by atoms with Gasteiger partial charge in [0.25, 0.3) is 0 Å². The highest BCUT2D eigenvalue weighted by atomic mass is 35.5. The monoisotopic (exact) mass is 360 g/mol. The lowest BCUT2D eigenvalue weighted by atomic mass is 10.2. The highest BCUT2D eigenvalue weighted by Gasteiger charge is 2.13. The Balaban J connectivity index is 2.00. The Morgan fingerprint density at radius 1 is 1.21 bits per heavy atom. The summed E-state index contributed by atoms with van der Waals surface area (Å²) in [6, 6.07) is 10.7. The first kappa shape index (κ1) is 16.5. The number of carbonyl (C=O) groups excluding carboxylic acids is 1. The Morgan fingerprint density at radius 2 is 2.00 bits per heavy atom. The van der Waals surface area contributed by atoms with E-state index in [4.69, 9.17) is 21.1 Å². The predicted octanol–water partition coefficient (Wildman–Crippen LogP) is 4.18. The SMILES string of the molecule is C=CC(=O)OCCOc1ccc(Cl)c2c(=O)c3ccccc3sc12. The Morgan fingerprint density at radius 3 is 2.79 bits per heavy atom. The highest BCUT2D eigenvalue weighted by Crippen LogP contribution is 2.35. The summed E-state index contributed by atoms with van der Waals surface area (Å²) >= 11 is 7.67. The maximum Gasteiger partial charge on any atom is 0.330 e. The lowest BCUT2D eigenvalue weighted by Gasteiger charge is -2.10. The van der Waals surface area contributed by atoms with Gasteiger partial charge in [0.2, 0.25) is 0 Å². The average molecular weight is 361 g/mol. The van der Waals surface area contributed by atoms with Gasteiger partial charge in [0.1, 0.15) is 19.0 Å². The lowest BCUT2D eigenvalue weighted by molar-refractivity contribution is -0.138. The van der Waals surface area contributed by atoms with E-state index in [-0.39, 0.29) is 18.6 Å². The van der Waals surface area contributed by atoms with Crippen LogP contribution in [0.1, 0.15) is 0 Å². The van der Waals surface area contributed by atoms with Gasteiger partial charge in [-0.15, -0.1) is 11.3 Å². The zero-order valence-corrected chi connectivity index (χ0v) is 14.2. The zero-order chi connectivity index (χ0) is 17.1. The Kier molecular flexibility index (Phi) is 4.83. The first-order chi connectivity index (χ1) is 11.6. The molecule has 122 valence electrons. The number of esters is 1. The number of ether oxygens (including phenoxy) is 2. The van der Waals surface area contributed by atoms with Gasteiger partial charge >= 0.3 is 5.97 Å². The molecular formula is C18H13ClO4S. The third kappa shape index (κ3) is 3.13. The summed E-state index contributed by atoms with van der Waals surface area (Å²) in [7, 11) is 0. The summed E-state index contributed by atoms with van der Waals surface area (Å²) in [6.07, 6.45) is 1.09. The van der Waals surface area contributed by atoms with Crippen LogP contribution in [0.25, 0.3) is 20.2 Å². The topological polar surface area (TPSA) is 52.6 Å². The second-order valence-electron chi connectivity index (χ2n) is 4.90. The molecule has 0 bridgehead atoms. The number of halogens is 1. The molecule has 0 radical (unpaired) electrons. The van der Waals surface area contributed by atoms with Gasteiger partial charge in [0.05, 0.1) is 15.1 Å². The fraction of sp³-hybridized carbons (Fsp3) is 0.111. The van der Waals surface area contributed by atoms with Gasteiger partial charge in [-0.2, -0.15) is 0 Å². The minimum Gasteiger partial charge on any atom is -0.489 e. The van der Waals surface area contributed by atoms with Crippen LogP contribution in [0.3, 0.4) is 0 Å². The number of rotatable bonds is 5. The summed E-state index contributed by atoms with van der Waals surface area (Å²) < 4.78 is 12.1. The Bertz CT molecular complexity index is 993. The van der Waals surface area contributed by atoms with E-state index in [0.717, 1.165) is 10.8 Å². The van der Waals surface area contributed by atoms with Gasteiger partial charge in [-0.1, -0.05) is 30.3 Å².